The first-order valence-corrected chi connectivity index (χ1v) is 9.31. The Morgan fingerprint density at radius 1 is 1.31 bits per heavy atom. The molecule has 29 heavy (non-hydrogen) atoms. The Labute approximate surface area is 169 Å². The van der Waals surface area contributed by atoms with Crippen LogP contribution < -0.4 is 5.32 Å². The van der Waals surface area contributed by atoms with Crippen molar-refractivity contribution in [3.63, 3.8) is 0 Å². The molecule has 146 valence electrons. The van der Waals surface area contributed by atoms with Gasteiger partial charge in [-0.1, -0.05) is 37.3 Å². The number of carbonyl (C=O) groups excluding carboxylic acids is 1. The van der Waals surface area contributed by atoms with Crippen molar-refractivity contribution in [1.82, 2.24) is 10.2 Å². The maximum Gasteiger partial charge on any atom is 0.280 e. The molecule has 3 aromatic rings. The maximum absolute atomic E-state index is 12.4. The number of furan rings is 1. The fourth-order valence-electron chi connectivity index (χ4n) is 2.39. The topological polar surface area (TPSA) is 135 Å². The standard InChI is InChI=1S/C19H15N5O4S/c1-11(2)18-22-23-19(29-18)21-17(25)12(10-20)9-13-7-8-16(28-13)14-5-3-4-6-15(14)24(26)27/h3-9,11H,1-2H3,(H,21,23,25)/b12-9-. The Bertz CT molecular complexity index is 1140. The van der Waals surface area contributed by atoms with Crippen molar-refractivity contribution in [2.45, 2.75) is 19.8 Å². The van der Waals surface area contributed by atoms with Crippen LogP contribution in [-0.4, -0.2) is 21.0 Å². The second kappa shape index (κ2) is 8.45. The van der Waals surface area contributed by atoms with Gasteiger partial charge in [0.2, 0.25) is 5.13 Å². The SMILES string of the molecule is CC(C)c1nnc(NC(=O)/C(C#N)=C\c2ccc(-c3ccccc3[N+](=O)[O-])o2)s1. The second-order valence-electron chi connectivity index (χ2n) is 6.20. The van der Waals surface area contributed by atoms with E-state index in [1.165, 1.54) is 29.5 Å². The molecular formula is C19H15N5O4S. The number of aromatic nitrogens is 2. The van der Waals surface area contributed by atoms with Gasteiger partial charge in [-0.15, -0.1) is 10.2 Å². The van der Waals surface area contributed by atoms with Crippen LogP contribution in [0.2, 0.25) is 0 Å². The van der Waals surface area contributed by atoms with E-state index in [0.29, 0.717) is 10.7 Å². The number of nitro benzene ring substituents is 1. The lowest BCUT2D eigenvalue weighted by atomic mass is 10.1. The summed E-state index contributed by atoms with van der Waals surface area (Å²) in [7, 11) is 0. The lowest BCUT2D eigenvalue weighted by Crippen LogP contribution is -2.13. The number of hydrogen-bond donors (Lipinski definition) is 1. The van der Waals surface area contributed by atoms with Gasteiger partial charge in [-0.3, -0.25) is 20.2 Å². The normalized spacial score (nSPS) is 11.3. The predicted molar refractivity (Wildman–Crippen MR) is 107 cm³/mol. The van der Waals surface area contributed by atoms with E-state index in [1.54, 1.807) is 24.3 Å². The van der Waals surface area contributed by atoms with E-state index in [-0.39, 0.29) is 28.7 Å². The molecule has 3 rings (SSSR count). The third-order valence-corrected chi connectivity index (χ3v) is 4.94. The Morgan fingerprint density at radius 3 is 2.72 bits per heavy atom. The van der Waals surface area contributed by atoms with E-state index in [2.05, 4.69) is 15.5 Å². The molecule has 2 aromatic heterocycles. The summed E-state index contributed by atoms with van der Waals surface area (Å²) in [5, 5.41) is 32.0. The van der Waals surface area contributed by atoms with Crippen LogP contribution in [0.3, 0.4) is 0 Å². The minimum atomic E-state index is -0.650. The summed E-state index contributed by atoms with van der Waals surface area (Å²) in [5.41, 5.74) is -0.00204. The molecule has 0 spiro atoms. The Kier molecular flexibility index (Phi) is 5.80. The number of nitro groups is 1. The van der Waals surface area contributed by atoms with Gasteiger partial charge in [0.25, 0.3) is 11.6 Å². The monoisotopic (exact) mass is 409 g/mol. The number of rotatable bonds is 6. The zero-order valence-electron chi connectivity index (χ0n) is 15.4. The molecule has 0 fully saturated rings. The highest BCUT2D eigenvalue weighted by Crippen LogP contribution is 2.31. The molecule has 0 saturated carbocycles. The van der Waals surface area contributed by atoms with Crippen molar-refractivity contribution < 1.29 is 14.1 Å². The van der Waals surface area contributed by atoms with Crippen molar-refractivity contribution in [2.24, 2.45) is 0 Å². The van der Waals surface area contributed by atoms with Gasteiger partial charge in [-0.05, 0) is 18.2 Å². The third kappa shape index (κ3) is 4.53. The molecule has 0 atom stereocenters. The second-order valence-corrected chi connectivity index (χ2v) is 7.21. The molecule has 10 heteroatoms. The van der Waals surface area contributed by atoms with Crippen molar-refractivity contribution in [3.8, 4) is 17.4 Å². The van der Waals surface area contributed by atoms with Crippen LogP contribution in [0.1, 0.15) is 30.5 Å². The van der Waals surface area contributed by atoms with E-state index in [1.807, 2.05) is 19.9 Å². The molecule has 0 saturated heterocycles. The van der Waals surface area contributed by atoms with Crippen molar-refractivity contribution in [2.75, 3.05) is 5.32 Å². The van der Waals surface area contributed by atoms with Crippen LogP contribution in [0.15, 0.2) is 46.4 Å². The van der Waals surface area contributed by atoms with Gasteiger partial charge in [0.15, 0.2) is 0 Å². The van der Waals surface area contributed by atoms with Gasteiger partial charge >= 0.3 is 0 Å². The fraction of sp³-hybridized carbons (Fsp3) is 0.158. The minimum Gasteiger partial charge on any atom is -0.456 e. The minimum absolute atomic E-state index is 0.104. The first kappa shape index (κ1) is 19.9. The molecule has 1 amide bonds. The van der Waals surface area contributed by atoms with Crippen LogP contribution in [0.25, 0.3) is 17.4 Å². The molecule has 0 aliphatic heterocycles. The van der Waals surface area contributed by atoms with Gasteiger partial charge < -0.3 is 4.42 Å². The molecular weight excluding hydrogens is 394 g/mol. The number of para-hydroxylation sites is 1. The molecule has 1 aromatic carbocycles. The third-order valence-electron chi connectivity index (χ3n) is 3.80. The lowest BCUT2D eigenvalue weighted by molar-refractivity contribution is -0.384. The summed E-state index contributed by atoms with van der Waals surface area (Å²) < 4.78 is 5.59. The first-order valence-electron chi connectivity index (χ1n) is 8.49. The molecule has 0 bridgehead atoms. The van der Waals surface area contributed by atoms with Gasteiger partial charge in [-0.2, -0.15) is 5.26 Å². The fourth-order valence-corrected chi connectivity index (χ4v) is 3.13. The maximum atomic E-state index is 12.4. The summed E-state index contributed by atoms with van der Waals surface area (Å²) >= 11 is 1.23. The van der Waals surface area contributed by atoms with Crippen LogP contribution >= 0.6 is 11.3 Å². The van der Waals surface area contributed by atoms with Crippen LogP contribution in [0, 0.1) is 21.4 Å². The summed E-state index contributed by atoms with van der Waals surface area (Å²) in [6.45, 7) is 3.91. The number of amides is 1. The lowest BCUT2D eigenvalue weighted by Gasteiger charge is -2.00. The van der Waals surface area contributed by atoms with E-state index in [0.717, 1.165) is 5.01 Å². The Hall–Kier alpha value is -3.84. The van der Waals surface area contributed by atoms with E-state index < -0.39 is 10.8 Å². The van der Waals surface area contributed by atoms with Gasteiger partial charge in [0.05, 0.1) is 10.5 Å². The molecule has 0 radical (unpaired) electrons. The van der Waals surface area contributed by atoms with Crippen LogP contribution in [0.4, 0.5) is 10.8 Å². The number of nitrogens with zero attached hydrogens (tertiary/aromatic N) is 4. The Balaban J connectivity index is 1.82. The number of benzene rings is 1. The smallest absolute Gasteiger partial charge is 0.280 e. The average Bonchev–Trinajstić information content (AvgIpc) is 3.35. The van der Waals surface area contributed by atoms with Crippen molar-refractivity contribution in [1.29, 1.82) is 5.26 Å². The summed E-state index contributed by atoms with van der Waals surface area (Å²) in [5.74, 6) is -0.00718. The zero-order valence-corrected chi connectivity index (χ0v) is 16.3. The molecule has 0 aliphatic rings. The largest absolute Gasteiger partial charge is 0.456 e. The number of hydrogen-bond acceptors (Lipinski definition) is 8. The number of carbonyl (C=O) groups is 1. The summed E-state index contributed by atoms with van der Waals surface area (Å²) in [6.07, 6.45) is 1.26. The molecule has 0 aliphatic carbocycles. The van der Waals surface area contributed by atoms with Crippen molar-refractivity contribution >= 4 is 34.1 Å². The molecule has 1 N–H and O–H groups in total. The van der Waals surface area contributed by atoms with Gasteiger partial charge in [-0.25, -0.2) is 0 Å². The highest BCUT2D eigenvalue weighted by Gasteiger charge is 2.18. The van der Waals surface area contributed by atoms with E-state index in [4.69, 9.17) is 4.42 Å². The van der Waals surface area contributed by atoms with Crippen LogP contribution in [0.5, 0.6) is 0 Å². The molecule has 0 unspecified atom stereocenters. The van der Waals surface area contributed by atoms with Gasteiger partial charge in [0.1, 0.15) is 28.2 Å². The van der Waals surface area contributed by atoms with Gasteiger partial charge in [0, 0.05) is 18.1 Å². The van der Waals surface area contributed by atoms with Crippen molar-refractivity contribution in [3.05, 3.63) is 62.9 Å². The Morgan fingerprint density at radius 2 is 2.07 bits per heavy atom. The van der Waals surface area contributed by atoms with Crippen LogP contribution in [-0.2, 0) is 4.79 Å². The number of nitrogens with one attached hydrogen (secondary N) is 1. The first-order chi connectivity index (χ1) is 13.9. The predicted octanol–water partition coefficient (Wildman–Crippen LogP) is 4.38. The summed E-state index contributed by atoms with van der Waals surface area (Å²) in [4.78, 5) is 23.0. The molecule has 9 nitrogen and oxygen atoms in total. The quantitative estimate of drug-likeness (QED) is 0.276. The highest BCUT2D eigenvalue weighted by atomic mass is 32.1. The summed E-state index contributed by atoms with van der Waals surface area (Å²) in [6, 6.07) is 11.0. The number of anilines is 1. The van der Waals surface area contributed by atoms with E-state index >= 15 is 0 Å². The molecule has 2 heterocycles. The average molecular weight is 409 g/mol. The zero-order chi connectivity index (χ0) is 21.0. The highest BCUT2D eigenvalue weighted by molar-refractivity contribution is 7.15. The van der Waals surface area contributed by atoms with E-state index in [9.17, 15) is 20.2 Å². The number of nitriles is 1.